The predicted molar refractivity (Wildman–Crippen MR) is 64.4 cm³/mol. The maximum Gasteiger partial charge on any atom is 0.416 e. The minimum Gasteiger partial charge on any atom is -0.314 e. The molecule has 2 nitrogen and oxygen atoms in total. The molecule has 0 bridgehead atoms. The van der Waals surface area contributed by atoms with Gasteiger partial charge < -0.3 is 10.2 Å². The summed E-state index contributed by atoms with van der Waals surface area (Å²) in [5, 5.41) is 3.22. The van der Waals surface area contributed by atoms with Crippen molar-refractivity contribution < 1.29 is 13.2 Å². The maximum atomic E-state index is 12.9. The van der Waals surface area contributed by atoms with Crippen molar-refractivity contribution in [3.05, 3.63) is 35.4 Å². The molecule has 1 heterocycles. The quantitative estimate of drug-likeness (QED) is 0.874. The van der Waals surface area contributed by atoms with Gasteiger partial charge in [-0.15, -0.1) is 0 Å². The highest BCUT2D eigenvalue weighted by atomic mass is 19.4. The second-order valence-electron chi connectivity index (χ2n) is 4.70. The molecule has 0 aliphatic carbocycles. The molecule has 0 amide bonds. The van der Waals surface area contributed by atoms with E-state index in [9.17, 15) is 13.2 Å². The van der Waals surface area contributed by atoms with Gasteiger partial charge in [0.1, 0.15) is 0 Å². The van der Waals surface area contributed by atoms with Gasteiger partial charge in [-0.2, -0.15) is 13.2 Å². The number of nitrogens with zero attached hydrogens (tertiary/aromatic N) is 1. The first-order chi connectivity index (χ1) is 8.48. The van der Waals surface area contributed by atoms with Crippen LogP contribution in [0.5, 0.6) is 0 Å². The summed E-state index contributed by atoms with van der Waals surface area (Å²) in [6.45, 7) is 2.51. The minimum absolute atomic E-state index is 0.127. The first-order valence-corrected chi connectivity index (χ1v) is 6.04. The van der Waals surface area contributed by atoms with E-state index in [1.807, 2.05) is 7.05 Å². The van der Waals surface area contributed by atoms with Crippen LogP contribution in [0.3, 0.4) is 0 Å². The van der Waals surface area contributed by atoms with Crippen LogP contribution in [0.2, 0.25) is 0 Å². The number of nitrogens with one attached hydrogen (secondary N) is 1. The van der Waals surface area contributed by atoms with Crippen LogP contribution in [0.4, 0.5) is 13.2 Å². The predicted octanol–water partition coefficient (Wildman–Crippen LogP) is 2.15. The van der Waals surface area contributed by atoms with Gasteiger partial charge in [0.05, 0.1) is 5.56 Å². The van der Waals surface area contributed by atoms with Gasteiger partial charge in [-0.1, -0.05) is 18.2 Å². The van der Waals surface area contributed by atoms with E-state index in [0.717, 1.165) is 25.7 Å². The van der Waals surface area contributed by atoms with Gasteiger partial charge in [0.25, 0.3) is 0 Å². The molecule has 0 aromatic heterocycles. The molecule has 1 N–H and O–H groups in total. The molecule has 1 saturated heterocycles. The first-order valence-electron chi connectivity index (χ1n) is 6.04. The Morgan fingerprint density at radius 2 is 2.06 bits per heavy atom. The monoisotopic (exact) mass is 258 g/mol. The van der Waals surface area contributed by atoms with Crippen molar-refractivity contribution in [2.75, 3.05) is 26.7 Å². The third-order valence-corrected chi connectivity index (χ3v) is 3.42. The second kappa shape index (κ2) is 5.28. The van der Waals surface area contributed by atoms with Gasteiger partial charge in [0, 0.05) is 25.7 Å². The van der Waals surface area contributed by atoms with Crippen LogP contribution in [0.1, 0.15) is 11.1 Å². The summed E-state index contributed by atoms with van der Waals surface area (Å²) in [5.41, 5.74) is -0.130. The molecule has 1 aliphatic heterocycles. The van der Waals surface area contributed by atoms with Crippen LogP contribution < -0.4 is 5.32 Å². The van der Waals surface area contributed by atoms with E-state index >= 15 is 0 Å². The molecule has 18 heavy (non-hydrogen) atoms. The molecule has 1 unspecified atom stereocenters. The van der Waals surface area contributed by atoms with Crippen LogP contribution in [0, 0.1) is 0 Å². The molecule has 1 atom stereocenters. The van der Waals surface area contributed by atoms with Crippen molar-refractivity contribution in [1.29, 1.82) is 0 Å². The molecule has 1 aliphatic rings. The van der Waals surface area contributed by atoms with E-state index in [1.165, 1.54) is 6.07 Å². The summed E-state index contributed by atoms with van der Waals surface area (Å²) >= 11 is 0. The third kappa shape index (κ3) is 3.03. The molecule has 0 saturated carbocycles. The van der Waals surface area contributed by atoms with Crippen LogP contribution in [0.25, 0.3) is 0 Å². The summed E-state index contributed by atoms with van der Waals surface area (Å²) in [5.74, 6) is 0. The van der Waals surface area contributed by atoms with Crippen molar-refractivity contribution >= 4 is 0 Å². The number of alkyl halides is 3. The van der Waals surface area contributed by atoms with Gasteiger partial charge in [0.15, 0.2) is 0 Å². The summed E-state index contributed by atoms with van der Waals surface area (Å²) in [7, 11) is 1.96. The lowest BCUT2D eigenvalue weighted by Crippen LogP contribution is -2.50. The summed E-state index contributed by atoms with van der Waals surface area (Å²) in [4.78, 5) is 2.11. The summed E-state index contributed by atoms with van der Waals surface area (Å²) < 4.78 is 38.6. The lowest BCUT2D eigenvalue weighted by molar-refractivity contribution is -0.138. The van der Waals surface area contributed by atoms with E-state index in [0.29, 0.717) is 12.0 Å². The van der Waals surface area contributed by atoms with Gasteiger partial charge in [-0.05, 0) is 25.1 Å². The Kier molecular flexibility index (Phi) is 3.92. The standard InChI is InChI=1S/C13H17F3N2/c1-18-7-6-17-9-11(18)8-10-4-2-3-5-12(10)13(14,15)16/h2-5,11,17H,6-9H2,1H3. The number of benzene rings is 1. The highest BCUT2D eigenvalue weighted by Crippen LogP contribution is 2.32. The molecule has 1 fully saturated rings. The van der Waals surface area contributed by atoms with Crippen LogP contribution in [0.15, 0.2) is 24.3 Å². The molecular formula is C13H17F3N2. The van der Waals surface area contributed by atoms with Gasteiger partial charge in [0.2, 0.25) is 0 Å². The van der Waals surface area contributed by atoms with Crippen LogP contribution in [-0.2, 0) is 12.6 Å². The van der Waals surface area contributed by atoms with E-state index in [1.54, 1.807) is 12.1 Å². The lowest BCUT2D eigenvalue weighted by atomic mass is 9.98. The van der Waals surface area contributed by atoms with E-state index in [2.05, 4.69) is 10.2 Å². The second-order valence-corrected chi connectivity index (χ2v) is 4.70. The number of piperazine rings is 1. The smallest absolute Gasteiger partial charge is 0.314 e. The normalized spacial score (nSPS) is 22.1. The van der Waals surface area contributed by atoms with E-state index < -0.39 is 11.7 Å². The molecule has 1 aromatic rings. The zero-order chi connectivity index (χ0) is 13.2. The lowest BCUT2D eigenvalue weighted by Gasteiger charge is -2.33. The van der Waals surface area contributed by atoms with E-state index in [-0.39, 0.29) is 6.04 Å². The van der Waals surface area contributed by atoms with Crippen LogP contribution >= 0.6 is 0 Å². The van der Waals surface area contributed by atoms with Crippen molar-refractivity contribution in [3.63, 3.8) is 0 Å². The Bertz CT molecular complexity index is 403. The molecular weight excluding hydrogens is 241 g/mol. The molecule has 5 heteroatoms. The van der Waals surface area contributed by atoms with Gasteiger partial charge >= 0.3 is 6.18 Å². The Balaban J connectivity index is 2.18. The average Bonchev–Trinajstić information content (AvgIpc) is 2.31. The van der Waals surface area contributed by atoms with Crippen molar-refractivity contribution in [1.82, 2.24) is 10.2 Å². The molecule has 0 radical (unpaired) electrons. The fraction of sp³-hybridized carbons (Fsp3) is 0.538. The fourth-order valence-corrected chi connectivity index (χ4v) is 2.32. The third-order valence-electron chi connectivity index (χ3n) is 3.42. The number of hydrogen-bond donors (Lipinski definition) is 1. The summed E-state index contributed by atoms with van der Waals surface area (Å²) in [6, 6.07) is 5.97. The topological polar surface area (TPSA) is 15.3 Å². The molecule has 100 valence electrons. The maximum absolute atomic E-state index is 12.9. The van der Waals surface area contributed by atoms with Crippen molar-refractivity contribution in [2.45, 2.75) is 18.6 Å². The van der Waals surface area contributed by atoms with Gasteiger partial charge in [-0.3, -0.25) is 0 Å². The zero-order valence-electron chi connectivity index (χ0n) is 10.3. The Morgan fingerprint density at radius 1 is 1.33 bits per heavy atom. The first kappa shape index (κ1) is 13.4. The Hall–Kier alpha value is -1.07. The number of likely N-dealkylation sites (N-methyl/N-ethyl adjacent to an activating group) is 1. The number of halogens is 3. The highest BCUT2D eigenvalue weighted by Gasteiger charge is 2.33. The number of rotatable bonds is 2. The zero-order valence-corrected chi connectivity index (χ0v) is 10.3. The average molecular weight is 258 g/mol. The Morgan fingerprint density at radius 3 is 2.72 bits per heavy atom. The fourth-order valence-electron chi connectivity index (χ4n) is 2.32. The highest BCUT2D eigenvalue weighted by molar-refractivity contribution is 5.30. The number of hydrogen-bond acceptors (Lipinski definition) is 2. The van der Waals surface area contributed by atoms with Crippen LogP contribution in [-0.4, -0.2) is 37.6 Å². The van der Waals surface area contributed by atoms with Gasteiger partial charge in [-0.25, -0.2) is 0 Å². The minimum atomic E-state index is -4.27. The van der Waals surface area contributed by atoms with Crippen molar-refractivity contribution in [3.8, 4) is 0 Å². The Labute approximate surface area is 105 Å². The van der Waals surface area contributed by atoms with Crippen molar-refractivity contribution in [2.24, 2.45) is 0 Å². The molecule has 1 aromatic carbocycles. The SMILES string of the molecule is CN1CCNCC1Cc1ccccc1C(F)(F)F. The largest absolute Gasteiger partial charge is 0.416 e. The molecule has 0 spiro atoms. The summed E-state index contributed by atoms with van der Waals surface area (Å²) in [6.07, 6.45) is -3.84. The van der Waals surface area contributed by atoms with E-state index in [4.69, 9.17) is 0 Å². The molecule has 2 rings (SSSR count).